The molecule has 3 heterocycles. The third-order valence-electron chi connectivity index (χ3n) is 4.82. The van der Waals surface area contributed by atoms with E-state index in [1.807, 2.05) is 6.20 Å². The number of aromatic nitrogens is 1. The molecule has 6 heteroatoms. The highest BCUT2D eigenvalue weighted by atomic mass is 35.5. The van der Waals surface area contributed by atoms with Gasteiger partial charge in [-0.25, -0.2) is 4.98 Å². The molecule has 1 aromatic heterocycles. The highest BCUT2D eigenvalue weighted by Gasteiger charge is 2.31. The van der Waals surface area contributed by atoms with Crippen LogP contribution in [0.15, 0.2) is 36.5 Å². The molecule has 2 N–H and O–H groups in total. The maximum atomic E-state index is 6.39. The number of nitrogens with zero attached hydrogens (tertiary/aromatic N) is 2. The summed E-state index contributed by atoms with van der Waals surface area (Å²) in [5.41, 5.74) is 7.74. The van der Waals surface area contributed by atoms with Crippen molar-refractivity contribution in [1.29, 1.82) is 0 Å². The highest BCUT2D eigenvalue weighted by Crippen LogP contribution is 2.33. The molecule has 2 fully saturated rings. The molecule has 4 nitrogen and oxygen atoms in total. The number of likely N-dealkylation sites (tertiary alicyclic amines) is 1. The standard InChI is InChI=1S/C18H23N3OS.ClH/c19-16-12-21(11-15(16)13-5-2-1-3-6-13)10-14-9-20-18(23-14)17-7-4-8-22-17;/h1-3,5-6,9,15-17H,4,7-8,10-12,19H2;1H/t15-,16+,17?;/m0./s1. The fourth-order valence-corrected chi connectivity index (χ4v) is 4.68. The van der Waals surface area contributed by atoms with Gasteiger partial charge in [0.1, 0.15) is 11.1 Å². The summed E-state index contributed by atoms with van der Waals surface area (Å²) in [5, 5.41) is 1.14. The molecule has 3 atom stereocenters. The second-order valence-corrected chi connectivity index (χ2v) is 7.69. The van der Waals surface area contributed by atoms with Gasteiger partial charge in [-0.2, -0.15) is 0 Å². The van der Waals surface area contributed by atoms with E-state index in [9.17, 15) is 0 Å². The largest absolute Gasteiger partial charge is 0.371 e. The molecular formula is C18H24ClN3OS. The maximum absolute atomic E-state index is 6.39. The summed E-state index contributed by atoms with van der Waals surface area (Å²) in [6, 6.07) is 10.9. The van der Waals surface area contributed by atoms with Crippen LogP contribution in [0.1, 0.15) is 40.3 Å². The third-order valence-corrected chi connectivity index (χ3v) is 5.90. The lowest BCUT2D eigenvalue weighted by molar-refractivity contribution is 0.111. The first-order valence-corrected chi connectivity index (χ1v) is 9.20. The summed E-state index contributed by atoms with van der Waals surface area (Å²) in [6.07, 6.45) is 4.51. The van der Waals surface area contributed by atoms with Crippen molar-refractivity contribution in [3.63, 3.8) is 0 Å². The Morgan fingerprint density at radius 1 is 1.25 bits per heavy atom. The lowest BCUT2D eigenvalue weighted by atomic mass is 9.95. The van der Waals surface area contributed by atoms with Crippen LogP contribution >= 0.6 is 23.7 Å². The van der Waals surface area contributed by atoms with Gasteiger partial charge in [-0.15, -0.1) is 23.7 Å². The molecule has 0 aliphatic carbocycles. The molecule has 2 aliphatic rings. The van der Waals surface area contributed by atoms with Gasteiger partial charge in [0.05, 0.1) is 0 Å². The van der Waals surface area contributed by atoms with Crippen LogP contribution in [0.3, 0.4) is 0 Å². The summed E-state index contributed by atoms with van der Waals surface area (Å²) in [7, 11) is 0. The molecule has 0 amide bonds. The smallest absolute Gasteiger partial charge is 0.122 e. The zero-order valence-electron chi connectivity index (χ0n) is 13.6. The Bertz CT molecular complexity index is 645. The van der Waals surface area contributed by atoms with Crippen molar-refractivity contribution in [2.24, 2.45) is 5.73 Å². The van der Waals surface area contributed by atoms with Gasteiger partial charge < -0.3 is 10.5 Å². The first-order chi connectivity index (χ1) is 11.3. The zero-order chi connectivity index (χ0) is 15.6. The molecule has 2 aromatic rings. The molecule has 0 saturated carbocycles. The summed E-state index contributed by atoms with van der Waals surface area (Å²) in [6.45, 7) is 3.80. The van der Waals surface area contributed by atoms with Crippen molar-refractivity contribution in [1.82, 2.24) is 9.88 Å². The van der Waals surface area contributed by atoms with E-state index in [1.165, 1.54) is 10.4 Å². The summed E-state index contributed by atoms with van der Waals surface area (Å²) < 4.78 is 5.73. The first kappa shape index (κ1) is 17.8. The van der Waals surface area contributed by atoms with Gasteiger partial charge in [-0.05, 0) is 18.4 Å². The average molecular weight is 366 g/mol. The SMILES string of the molecule is Cl.N[C@@H]1CN(Cc2cnc(C3CCCO3)s2)C[C@H]1c1ccccc1. The van der Waals surface area contributed by atoms with E-state index in [0.29, 0.717) is 5.92 Å². The number of thiazole rings is 1. The Morgan fingerprint density at radius 3 is 2.83 bits per heavy atom. The Balaban J connectivity index is 0.00000169. The van der Waals surface area contributed by atoms with E-state index in [0.717, 1.165) is 44.1 Å². The molecule has 2 saturated heterocycles. The van der Waals surface area contributed by atoms with E-state index in [4.69, 9.17) is 10.5 Å². The fraction of sp³-hybridized carbons (Fsp3) is 0.500. The fourth-order valence-electron chi connectivity index (χ4n) is 3.63. The van der Waals surface area contributed by atoms with Crippen molar-refractivity contribution in [3.8, 4) is 0 Å². The highest BCUT2D eigenvalue weighted by molar-refractivity contribution is 7.11. The van der Waals surface area contributed by atoms with Crippen LogP contribution in [0.4, 0.5) is 0 Å². The molecule has 130 valence electrons. The summed E-state index contributed by atoms with van der Waals surface area (Å²) >= 11 is 1.80. The second kappa shape index (κ2) is 7.93. The molecular weight excluding hydrogens is 342 g/mol. The van der Waals surface area contributed by atoms with Crippen molar-refractivity contribution < 1.29 is 4.74 Å². The Hall–Kier alpha value is -0.980. The van der Waals surface area contributed by atoms with Crippen LogP contribution in [-0.2, 0) is 11.3 Å². The van der Waals surface area contributed by atoms with Gasteiger partial charge in [0.25, 0.3) is 0 Å². The van der Waals surface area contributed by atoms with Gasteiger partial charge in [-0.1, -0.05) is 30.3 Å². The lowest BCUT2D eigenvalue weighted by Crippen LogP contribution is -2.28. The number of nitrogens with two attached hydrogens (primary N) is 1. The number of hydrogen-bond donors (Lipinski definition) is 1. The van der Waals surface area contributed by atoms with E-state index in [2.05, 4.69) is 40.2 Å². The Morgan fingerprint density at radius 2 is 2.08 bits per heavy atom. The van der Waals surface area contributed by atoms with Crippen LogP contribution in [0.5, 0.6) is 0 Å². The van der Waals surface area contributed by atoms with E-state index < -0.39 is 0 Å². The van der Waals surface area contributed by atoms with E-state index in [-0.39, 0.29) is 24.6 Å². The average Bonchev–Trinajstić information content (AvgIpc) is 3.29. The third kappa shape index (κ3) is 3.81. The second-order valence-electron chi connectivity index (χ2n) is 6.54. The van der Waals surface area contributed by atoms with Crippen molar-refractivity contribution in [3.05, 3.63) is 52.0 Å². The number of halogens is 1. The zero-order valence-corrected chi connectivity index (χ0v) is 15.3. The van der Waals surface area contributed by atoms with Crippen LogP contribution in [-0.4, -0.2) is 35.6 Å². The van der Waals surface area contributed by atoms with E-state index >= 15 is 0 Å². The summed E-state index contributed by atoms with van der Waals surface area (Å²) in [4.78, 5) is 8.34. The van der Waals surface area contributed by atoms with Gasteiger partial charge in [0, 0.05) is 49.3 Å². The number of hydrogen-bond acceptors (Lipinski definition) is 5. The minimum absolute atomic E-state index is 0. The lowest BCUT2D eigenvalue weighted by Gasteiger charge is -2.15. The predicted molar refractivity (Wildman–Crippen MR) is 99.7 cm³/mol. The molecule has 2 aliphatic heterocycles. The Kier molecular flexibility index (Phi) is 5.89. The molecule has 24 heavy (non-hydrogen) atoms. The van der Waals surface area contributed by atoms with Crippen molar-refractivity contribution in [2.45, 2.75) is 37.5 Å². The monoisotopic (exact) mass is 365 g/mol. The van der Waals surface area contributed by atoms with Crippen molar-refractivity contribution >= 4 is 23.7 Å². The molecule has 1 aromatic carbocycles. The molecule has 0 spiro atoms. The van der Waals surface area contributed by atoms with Gasteiger partial charge in [-0.3, -0.25) is 4.90 Å². The Labute approximate surface area is 153 Å². The normalized spacial score (nSPS) is 27.3. The molecule has 4 rings (SSSR count). The molecule has 1 unspecified atom stereocenters. The number of benzene rings is 1. The van der Waals surface area contributed by atoms with Gasteiger partial charge >= 0.3 is 0 Å². The van der Waals surface area contributed by atoms with E-state index in [1.54, 1.807) is 11.3 Å². The van der Waals surface area contributed by atoms with Gasteiger partial charge in [0.15, 0.2) is 0 Å². The van der Waals surface area contributed by atoms with Crippen LogP contribution in [0.2, 0.25) is 0 Å². The van der Waals surface area contributed by atoms with Crippen molar-refractivity contribution in [2.75, 3.05) is 19.7 Å². The van der Waals surface area contributed by atoms with Crippen LogP contribution in [0, 0.1) is 0 Å². The van der Waals surface area contributed by atoms with Crippen LogP contribution in [0.25, 0.3) is 0 Å². The number of ether oxygens (including phenoxy) is 1. The predicted octanol–water partition coefficient (Wildman–Crippen LogP) is 3.34. The maximum Gasteiger partial charge on any atom is 0.122 e. The minimum atomic E-state index is 0. The quantitative estimate of drug-likeness (QED) is 0.902. The van der Waals surface area contributed by atoms with Crippen LogP contribution < -0.4 is 5.73 Å². The molecule has 0 radical (unpaired) electrons. The summed E-state index contributed by atoms with van der Waals surface area (Å²) in [5.74, 6) is 0.432. The minimum Gasteiger partial charge on any atom is -0.371 e. The van der Waals surface area contributed by atoms with Gasteiger partial charge in [0.2, 0.25) is 0 Å². The molecule has 0 bridgehead atoms. The first-order valence-electron chi connectivity index (χ1n) is 8.38. The number of rotatable bonds is 4. The topological polar surface area (TPSA) is 51.4 Å².